The van der Waals surface area contributed by atoms with Gasteiger partial charge in [-0.1, -0.05) is 35.5 Å². The second kappa shape index (κ2) is 8.35. The molecule has 0 saturated heterocycles. The van der Waals surface area contributed by atoms with Gasteiger partial charge in [-0.25, -0.2) is 0 Å². The zero-order valence-electron chi connectivity index (χ0n) is 18.3. The number of aliphatic carboxylic acids is 1. The van der Waals surface area contributed by atoms with Crippen molar-refractivity contribution in [2.45, 2.75) is 26.8 Å². The third-order valence-corrected chi connectivity index (χ3v) is 5.72. The number of benzene rings is 1. The molecule has 5 rings (SSSR count). The third-order valence-electron chi connectivity index (χ3n) is 5.72. The molecule has 4 aromatic heterocycles. The van der Waals surface area contributed by atoms with Crippen molar-refractivity contribution >= 4 is 17.0 Å². The molecule has 0 aliphatic carbocycles. The van der Waals surface area contributed by atoms with E-state index in [1.54, 1.807) is 6.20 Å². The van der Waals surface area contributed by atoms with Crippen LogP contribution in [0.15, 0.2) is 71.6 Å². The van der Waals surface area contributed by atoms with Gasteiger partial charge in [-0.2, -0.15) is 0 Å². The molecular weight excluding hydrogens is 416 g/mol. The van der Waals surface area contributed by atoms with Gasteiger partial charge in [-0.05, 0) is 43.2 Å². The Kier molecular flexibility index (Phi) is 5.22. The fourth-order valence-electron chi connectivity index (χ4n) is 4.18. The summed E-state index contributed by atoms with van der Waals surface area (Å²) in [6.45, 7) is 4.42. The highest BCUT2D eigenvalue weighted by Gasteiger charge is 2.17. The minimum Gasteiger partial charge on any atom is -0.481 e. The Morgan fingerprint density at radius 3 is 2.55 bits per heavy atom. The van der Waals surface area contributed by atoms with Crippen LogP contribution in [0.5, 0.6) is 0 Å². The number of hydrogen-bond acceptors (Lipinski definition) is 5. The van der Waals surface area contributed by atoms with E-state index in [1.165, 1.54) is 0 Å². The van der Waals surface area contributed by atoms with Crippen molar-refractivity contribution in [2.24, 2.45) is 0 Å². The Labute approximate surface area is 190 Å². The van der Waals surface area contributed by atoms with Crippen molar-refractivity contribution in [3.8, 4) is 22.3 Å². The maximum atomic E-state index is 11.0. The normalized spacial score (nSPS) is 11.2. The number of hydrogen-bond donors (Lipinski definition) is 1. The van der Waals surface area contributed by atoms with Crippen LogP contribution in [0, 0.1) is 13.8 Å². The topological polar surface area (TPSA) is 94.0 Å². The number of pyridine rings is 2. The van der Waals surface area contributed by atoms with Crippen LogP contribution >= 0.6 is 0 Å². The number of aromatic nitrogens is 4. The molecule has 0 atom stereocenters. The van der Waals surface area contributed by atoms with Crippen LogP contribution < -0.4 is 0 Å². The maximum Gasteiger partial charge on any atom is 0.307 e. The van der Waals surface area contributed by atoms with Crippen LogP contribution in [0.2, 0.25) is 0 Å². The highest BCUT2D eigenvalue weighted by atomic mass is 16.5. The molecule has 1 aromatic carbocycles. The molecule has 0 aliphatic heterocycles. The summed E-state index contributed by atoms with van der Waals surface area (Å²) in [6, 6.07) is 15.6. The molecule has 0 unspecified atom stereocenters. The largest absolute Gasteiger partial charge is 0.481 e. The summed E-state index contributed by atoms with van der Waals surface area (Å²) in [5.74, 6) is -0.0889. The Bertz CT molecular complexity index is 1430. The summed E-state index contributed by atoms with van der Waals surface area (Å²) in [5.41, 5.74) is 8.23. The number of fused-ring (bicyclic) bond motifs is 1. The van der Waals surface area contributed by atoms with Crippen molar-refractivity contribution in [1.29, 1.82) is 0 Å². The second-order valence-electron chi connectivity index (χ2n) is 8.05. The van der Waals surface area contributed by atoms with Crippen LogP contribution in [-0.4, -0.2) is 30.8 Å². The van der Waals surface area contributed by atoms with E-state index in [-0.39, 0.29) is 6.42 Å². The molecule has 0 aliphatic rings. The fraction of sp³-hybridized carbons (Fsp3) is 0.154. The van der Waals surface area contributed by atoms with Crippen LogP contribution in [-0.2, 0) is 17.8 Å². The maximum absolute atomic E-state index is 11.0. The zero-order valence-corrected chi connectivity index (χ0v) is 18.3. The van der Waals surface area contributed by atoms with Gasteiger partial charge in [0.1, 0.15) is 5.76 Å². The molecule has 164 valence electrons. The Morgan fingerprint density at radius 1 is 1.06 bits per heavy atom. The summed E-state index contributed by atoms with van der Waals surface area (Å²) in [7, 11) is 0. The van der Waals surface area contributed by atoms with E-state index in [0.29, 0.717) is 6.54 Å². The lowest BCUT2D eigenvalue weighted by Gasteiger charge is -2.06. The summed E-state index contributed by atoms with van der Waals surface area (Å²) in [6.07, 6.45) is 5.72. The van der Waals surface area contributed by atoms with Crippen LogP contribution in [0.3, 0.4) is 0 Å². The van der Waals surface area contributed by atoms with Gasteiger partial charge in [0.25, 0.3) is 0 Å². The monoisotopic (exact) mass is 438 g/mol. The van der Waals surface area contributed by atoms with E-state index in [1.807, 2.05) is 62.5 Å². The first-order chi connectivity index (χ1) is 16.0. The van der Waals surface area contributed by atoms with Gasteiger partial charge < -0.3 is 14.2 Å². The molecule has 1 N–H and O–H groups in total. The van der Waals surface area contributed by atoms with Gasteiger partial charge in [-0.15, -0.1) is 0 Å². The molecule has 0 spiro atoms. The molecule has 33 heavy (non-hydrogen) atoms. The van der Waals surface area contributed by atoms with Crippen LogP contribution in [0.1, 0.15) is 22.7 Å². The predicted octanol–water partition coefficient (Wildman–Crippen LogP) is 5.05. The van der Waals surface area contributed by atoms with Gasteiger partial charge in [0.2, 0.25) is 0 Å². The molecule has 0 fully saturated rings. The molecule has 4 heterocycles. The number of rotatable bonds is 6. The van der Waals surface area contributed by atoms with E-state index in [4.69, 9.17) is 14.6 Å². The van der Waals surface area contributed by atoms with Gasteiger partial charge in [0.15, 0.2) is 0 Å². The molecule has 7 heteroatoms. The summed E-state index contributed by atoms with van der Waals surface area (Å²) < 4.78 is 7.51. The zero-order chi connectivity index (χ0) is 22.9. The Balaban J connectivity index is 1.64. The quantitative estimate of drug-likeness (QED) is 0.399. The second-order valence-corrected chi connectivity index (χ2v) is 8.05. The summed E-state index contributed by atoms with van der Waals surface area (Å²) in [4.78, 5) is 20.3. The lowest BCUT2D eigenvalue weighted by atomic mass is 10.0. The summed E-state index contributed by atoms with van der Waals surface area (Å²) in [5, 5.41) is 13.1. The van der Waals surface area contributed by atoms with Crippen molar-refractivity contribution in [3.63, 3.8) is 0 Å². The van der Waals surface area contributed by atoms with Crippen molar-refractivity contribution < 1.29 is 14.4 Å². The molecule has 0 bridgehead atoms. The fourth-order valence-corrected chi connectivity index (χ4v) is 4.18. The SMILES string of the molecule is Cc1noc(C)c1-c1cnc2c(-c3ccc(CC(=O)O)cc3)cn(Cc3ccccn3)c2c1. The van der Waals surface area contributed by atoms with E-state index in [0.717, 1.165) is 56.0 Å². The van der Waals surface area contributed by atoms with E-state index in [2.05, 4.69) is 27.0 Å². The third kappa shape index (κ3) is 4.01. The van der Waals surface area contributed by atoms with Crippen LogP contribution in [0.4, 0.5) is 0 Å². The average Bonchev–Trinajstić information content (AvgIpc) is 3.33. The molecule has 7 nitrogen and oxygen atoms in total. The van der Waals surface area contributed by atoms with Gasteiger partial charge in [0, 0.05) is 35.3 Å². The van der Waals surface area contributed by atoms with Crippen molar-refractivity contribution in [1.82, 2.24) is 19.7 Å². The first kappa shape index (κ1) is 20.6. The smallest absolute Gasteiger partial charge is 0.307 e. The molecule has 5 aromatic rings. The predicted molar refractivity (Wildman–Crippen MR) is 125 cm³/mol. The number of nitrogens with zero attached hydrogens (tertiary/aromatic N) is 4. The highest BCUT2D eigenvalue weighted by molar-refractivity contribution is 5.95. The minimum atomic E-state index is -0.844. The standard InChI is InChI=1S/C26H22N4O3/c1-16-25(17(2)33-29-16)20-12-23-26(28-13-20)22(15-30(23)14-21-5-3-4-10-27-21)19-8-6-18(7-9-19)11-24(31)32/h3-10,12-13,15H,11,14H2,1-2H3,(H,31,32). The number of carbonyl (C=O) groups is 1. The first-order valence-electron chi connectivity index (χ1n) is 10.6. The van der Waals surface area contributed by atoms with Crippen LogP contribution in [0.25, 0.3) is 33.3 Å². The van der Waals surface area contributed by atoms with E-state index >= 15 is 0 Å². The number of carboxylic acid groups (broad SMARTS) is 1. The summed E-state index contributed by atoms with van der Waals surface area (Å²) >= 11 is 0. The van der Waals surface area contributed by atoms with Crippen molar-refractivity contribution in [3.05, 3.63) is 89.8 Å². The molecular formula is C26H22N4O3. The minimum absolute atomic E-state index is 0.000758. The van der Waals surface area contributed by atoms with Gasteiger partial charge in [-0.3, -0.25) is 14.8 Å². The lowest BCUT2D eigenvalue weighted by molar-refractivity contribution is -0.136. The number of carboxylic acids is 1. The molecule has 0 radical (unpaired) electrons. The first-order valence-corrected chi connectivity index (χ1v) is 10.6. The van der Waals surface area contributed by atoms with Gasteiger partial charge >= 0.3 is 5.97 Å². The number of aryl methyl sites for hydroxylation is 2. The molecule has 0 amide bonds. The lowest BCUT2D eigenvalue weighted by Crippen LogP contribution is -2.00. The van der Waals surface area contributed by atoms with E-state index < -0.39 is 5.97 Å². The Hall–Kier alpha value is -4.26. The van der Waals surface area contributed by atoms with Gasteiger partial charge in [0.05, 0.1) is 35.4 Å². The Morgan fingerprint density at radius 2 is 1.88 bits per heavy atom. The average molecular weight is 438 g/mol. The highest BCUT2D eigenvalue weighted by Crippen LogP contribution is 2.34. The van der Waals surface area contributed by atoms with E-state index in [9.17, 15) is 4.79 Å². The molecule has 0 saturated carbocycles. The van der Waals surface area contributed by atoms with Crippen molar-refractivity contribution in [2.75, 3.05) is 0 Å².